The Bertz CT molecular complexity index is 863. The molecule has 0 aliphatic heterocycles. The lowest BCUT2D eigenvalue weighted by Crippen LogP contribution is -2.34. The molecule has 0 aliphatic carbocycles. The normalized spacial score (nSPS) is 9.97. The molecule has 0 radical (unpaired) electrons. The Morgan fingerprint density at radius 3 is 2.34 bits per heavy atom. The number of para-hydroxylation sites is 1. The van der Waals surface area contributed by atoms with Crippen molar-refractivity contribution in [2.24, 2.45) is 5.92 Å². The standard InChI is InChI=1S/C12H15NO3.C7H8O5S.H2/c1-9(2)12(15)13-8-11(14)16-10-6-4-3-5-7-10;1-4-5(12-6(8)11-4)3-10-7(9)13-2;/h3-7,9H,8H2,1-2H3,(H,13,15);3H2,1-2H3;1H. The molecule has 2 rings (SSSR count). The summed E-state index contributed by atoms with van der Waals surface area (Å²) >= 11 is 0.945. The van der Waals surface area contributed by atoms with Gasteiger partial charge in [-0.25, -0.2) is 14.4 Å². The Balaban J connectivity index is 0.000000553. The highest BCUT2D eigenvalue weighted by atomic mass is 32.2. The van der Waals surface area contributed by atoms with E-state index in [9.17, 15) is 19.2 Å². The van der Waals surface area contributed by atoms with Crippen molar-refractivity contribution in [1.29, 1.82) is 0 Å². The molecule has 10 heteroatoms. The minimum absolute atomic E-state index is 0. The second kappa shape index (κ2) is 12.4. The van der Waals surface area contributed by atoms with Gasteiger partial charge in [-0.1, -0.05) is 32.0 Å². The number of esters is 1. The first-order valence-electron chi connectivity index (χ1n) is 8.56. The van der Waals surface area contributed by atoms with Gasteiger partial charge in [0.15, 0.2) is 18.1 Å². The molecule has 0 bridgehead atoms. The summed E-state index contributed by atoms with van der Waals surface area (Å²) in [5.41, 5.74) is 0. The number of hydrogen-bond acceptors (Lipinski definition) is 9. The van der Waals surface area contributed by atoms with Gasteiger partial charge in [-0.2, -0.15) is 0 Å². The number of carbonyl (C=O) groups is 3. The van der Waals surface area contributed by atoms with Crippen LogP contribution in [0.25, 0.3) is 0 Å². The van der Waals surface area contributed by atoms with Crippen LogP contribution >= 0.6 is 11.8 Å². The molecule has 1 aromatic carbocycles. The smallest absolute Gasteiger partial charge is 0.449 e. The van der Waals surface area contributed by atoms with Gasteiger partial charge in [0, 0.05) is 7.34 Å². The van der Waals surface area contributed by atoms with Crippen molar-refractivity contribution in [2.75, 3.05) is 12.8 Å². The number of benzene rings is 1. The van der Waals surface area contributed by atoms with E-state index < -0.39 is 17.1 Å². The maximum Gasteiger partial charge on any atom is 0.519 e. The maximum atomic E-state index is 11.3. The van der Waals surface area contributed by atoms with Crippen molar-refractivity contribution in [3.63, 3.8) is 0 Å². The molecule has 1 aromatic heterocycles. The minimum atomic E-state index is -0.785. The number of carbonyl (C=O) groups excluding carboxylic acids is 3. The van der Waals surface area contributed by atoms with Crippen molar-refractivity contribution in [2.45, 2.75) is 27.4 Å². The number of thioether (sulfide) groups is 1. The molecular weight excluding hydrogens is 402 g/mol. The Hall–Kier alpha value is -3.01. The van der Waals surface area contributed by atoms with Gasteiger partial charge in [-0.15, -0.1) is 0 Å². The van der Waals surface area contributed by atoms with Gasteiger partial charge in [0.2, 0.25) is 5.91 Å². The largest absolute Gasteiger partial charge is 0.519 e. The lowest BCUT2D eigenvalue weighted by Gasteiger charge is -2.07. The molecule has 0 saturated carbocycles. The van der Waals surface area contributed by atoms with Crippen molar-refractivity contribution in [1.82, 2.24) is 5.32 Å². The van der Waals surface area contributed by atoms with Crippen LogP contribution in [0.1, 0.15) is 26.8 Å². The number of nitrogens with one attached hydrogen (secondary N) is 1. The number of aryl methyl sites for hydroxylation is 1. The van der Waals surface area contributed by atoms with E-state index >= 15 is 0 Å². The highest BCUT2D eigenvalue weighted by Crippen LogP contribution is 2.09. The molecule has 160 valence electrons. The van der Waals surface area contributed by atoms with Gasteiger partial charge in [-0.3, -0.25) is 4.79 Å². The van der Waals surface area contributed by atoms with Gasteiger partial charge in [0.1, 0.15) is 12.3 Å². The molecule has 2 aromatic rings. The number of rotatable bonds is 6. The number of hydrogen-bond donors (Lipinski definition) is 1. The Labute approximate surface area is 173 Å². The number of ether oxygens (including phenoxy) is 2. The van der Waals surface area contributed by atoms with Crippen LogP contribution in [0.5, 0.6) is 5.75 Å². The summed E-state index contributed by atoms with van der Waals surface area (Å²) in [5, 5.41) is 2.06. The Kier molecular flexibility index (Phi) is 10.3. The molecular formula is C19H25NO8S. The summed E-state index contributed by atoms with van der Waals surface area (Å²) in [5.74, 6) is -0.500. The van der Waals surface area contributed by atoms with E-state index in [1.165, 1.54) is 0 Å². The molecule has 0 aliphatic rings. The van der Waals surface area contributed by atoms with Crippen molar-refractivity contribution in [3.05, 3.63) is 52.5 Å². The fraction of sp³-hybridized carbons (Fsp3) is 0.368. The van der Waals surface area contributed by atoms with Gasteiger partial charge in [0.25, 0.3) is 0 Å². The summed E-state index contributed by atoms with van der Waals surface area (Å²) in [7, 11) is 0. The average molecular weight is 427 g/mol. The molecule has 9 nitrogen and oxygen atoms in total. The zero-order valence-corrected chi connectivity index (χ0v) is 17.4. The third-order valence-corrected chi connectivity index (χ3v) is 3.68. The van der Waals surface area contributed by atoms with E-state index in [4.69, 9.17) is 9.47 Å². The first-order chi connectivity index (χ1) is 13.7. The fourth-order valence-corrected chi connectivity index (χ4v) is 1.89. The predicted molar refractivity (Wildman–Crippen MR) is 108 cm³/mol. The minimum Gasteiger partial charge on any atom is -0.449 e. The Morgan fingerprint density at radius 2 is 1.83 bits per heavy atom. The third-order valence-electron chi connectivity index (χ3n) is 3.23. The molecule has 29 heavy (non-hydrogen) atoms. The second-order valence-corrected chi connectivity index (χ2v) is 6.58. The second-order valence-electron chi connectivity index (χ2n) is 5.84. The van der Waals surface area contributed by atoms with Crippen LogP contribution in [0, 0.1) is 12.8 Å². The van der Waals surface area contributed by atoms with Crippen LogP contribution in [0.15, 0.2) is 44.0 Å². The molecule has 1 heterocycles. The first-order valence-corrected chi connectivity index (χ1v) is 9.79. The van der Waals surface area contributed by atoms with Crippen LogP contribution in [0.4, 0.5) is 4.79 Å². The van der Waals surface area contributed by atoms with Crippen molar-refractivity contribution < 1.29 is 34.1 Å². The highest BCUT2D eigenvalue weighted by molar-refractivity contribution is 8.12. The maximum absolute atomic E-state index is 11.3. The van der Waals surface area contributed by atoms with E-state index in [0.717, 1.165) is 11.8 Å². The van der Waals surface area contributed by atoms with Gasteiger partial charge in [0.05, 0.1) is 0 Å². The zero-order chi connectivity index (χ0) is 21.8. The van der Waals surface area contributed by atoms with E-state index in [-0.39, 0.29) is 32.2 Å². The van der Waals surface area contributed by atoms with Crippen molar-refractivity contribution >= 4 is 28.9 Å². The summed E-state index contributed by atoms with van der Waals surface area (Å²) in [6.45, 7) is 4.91. The molecule has 1 N–H and O–H groups in total. The summed E-state index contributed by atoms with van der Waals surface area (Å²) in [6.07, 6.45) is 1.60. The summed E-state index contributed by atoms with van der Waals surface area (Å²) in [6, 6.07) is 8.74. The average Bonchev–Trinajstić information content (AvgIpc) is 3.02. The van der Waals surface area contributed by atoms with Crippen molar-refractivity contribution in [3.8, 4) is 5.75 Å². The summed E-state index contributed by atoms with van der Waals surface area (Å²) < 4.78 is 18.9. The van der Waals surface area contributed by atoms with Crippen LogP contribution in [-0.4, -0.2) is 30.0 Å². The van der Waals surface area contributed by atoms with Gasteiger partial charge < -0.3 is 23.6 Å². The van der Waals surface area contributed by atoms with Gasteiger partial charge >= 0.3 is 17.1 Å². The van der Waals surface area contributed by atoms with E-state index in [2.05, 4.69) is 14.2 Å². The molecule has 0 fully saturated rings. The summed E-state index contributed by atoms with van der Waals surface area (Å²) in [4.78, 5) is 43.7. The monoisotopic (exact) mass is 427 g/mol. The molecule has 0 atom stereocenters. The predicted octanol–water partition coefficient (Wildman–Crippen LogP) is 3.15. The Morgan fingerprint density at radius 1 is 1.17 bits per heavy atom. The lowest BCUT2D eigenvalue weighted by atomic mass is 10.2. The first kappa shape index (κ1) is 24.0. The van der Waals surface area contributed by atoms with Gasteiger partial charge in [-0.05, 0) is 37.1 Å². The van der Waals surface area contributed by atoms with E-state index in [1.807, 2.05) is 6.07 Å². The third kappa shape index (κ3) is 9.65. The number of amides is 1. The molecule has 0 spiro atoms. The quantitative estimate of drug-likeness (QED) is 0.546. The van der Waals surface area contributed by atoms with E-state index in [0.29, 0.717) is 11.5 Å². The fourth-order valence-electron chi connectivity index (χ4n) is 1.71. The zero-order valence-electron chi connectivity index (χ0n) is 16.6. The van der Waals surface area contributed by atoms with Crippen LogP contribution < -0.4 is 15.9 Å². The van der Waals surface area contributed by atoms with Crippen LogP contribution in [0.3, 0.4) is 0 Å². The molecule has 0 saturated heterocycles. The SMILES string of the molecule is CC(C)C(=O)NCC(=O)Oc1ccccc1.CSC(=O)OCc1oc(=O)oc1C.[HH]. The molecule has 1 amide bonds. The van der Waals surface area contributed by atoms with E-state index in [1.54, 1.807) is 51.3 Å². The molecule has 0 unspecified atom stereocenters. The van der Waals surface area contributed by atoms with Crippen LogP contribution in [-0.2, 0) is 20.9 Å². The lowest BCUT2D eigenvalue weighted by molar-refractivity contribution is -0.136. The highest BCUT2D eigenvalue weighted by Gasteiger charge is 2.11. The van der Waals surface area contributed by atoms with Crippen LogP contribution in [0.2, 0.25) is 0 Å². The topological polar surface area (TPSA) is 125 Å².